The molecule has 0 aliphatic heterocycles. The van der Waals surface area contributed by atoms with Crippen LogP contribution in [0.1, 0.15) is 52.2 Å². The average Bonchev–Trinajstić information content (AvgIpc) is 3.70. The molecule has 2 aromatic heterocycles. The van der Waals surface area contributed by atoms with Gasteiger partial charge < -0.3 is 21.5 Å². The number of amides is 1. The number of carboxylic acid groups (broad SMARTS) is 1. The molecular formula is C23H23N7O5. The largest absolute Gasteiger partial charge is 0.480 e. The summed E-state index contributed by atoms with van der Waals surface area (Å²) < 4.78 is 0. The topological polar surface area (TPSA) is 190 Å². The second-order valence-electron chi connectivity index (χ2n) is 8.19. The van der Waals surface area contributed by atoms with Gasteiger partial charge in [0, 0.05) is 23.6 Å². The standard InChI is InChI=1S/C23H23N7O5/c24-23-29-17(11-31)19-20(30-23)26-10-15(27-19)9-25-14-5-3-13(4-6-14)21(33)28-16(22(34)35)7-8-18(32)12-1-2-12/h3-6,10-12,16,25H,1-2,7-9H2,(H,28,33)(H,34,35)(H2,24,26,29,30)/t16-/m0/s1. The zero-order chi connectivity index (χ0) is 24.9. The second kappa shape index (κ2) is 10.2. The minimum Gasteiger partial charge on any atom is -0.480 e. The number of rotatable bonds is 11. The molecule has 0 bridgehead atoms. The Balaban J connectivity index is 1.35. The van der Waals surface area contributed by atoms with Crippen molar-refractivity contribution < 1.29 is 24.3 Å². The van der Waals surface area contributed by atoms with E-state index in [0.29, 0.717) is 17.7 Å². The van der Waals surface area contributed by atoms with Crippen molar-refractivity contribution in [2.24, 2.45) is 5.92 Å². The maximum absolute atomic E-state index is 12.5. The number of nitrogens with one attached hydrogen (secondary N) is 2. The van der Waals surface area contributed by atoms with E-state index in [9.17, 15) is 24.3 Å². The third-order valence-electron chi connectivity index (χ3n) is 5.55. The number of aromatic nitrogens is 4. The Labute approximate surface area is 199 Å². The van der Waals surface area contributed by atoms with Crippen molar-refractivity contribution in [1.82, 2.24) is 25.3 Å². The van der Waals surface area contributed by atoms with E-state index in [4.69, 9.17) is 5.73 Å². The molecule has 12 nitrogen and oxygen atoms in total. The van der Waals surface area contributed by atoms with Gasteiger partial charge in [-0.3, -0.25) is 14.4 Å². The first kappa shape index (κ1) is 23.7. The Morgan fingerprint density at radius 1 is 1.14 bits per heavy atom. The number of aliphatic carboxylic acids is 1. The van der Waals surface area contributed by atoms with Gasteiger partial charge in [0.2, 0.25) is 5.95 Å². The van der Waals surface area contributed by atoms with Gasteiger partial charge in [0.1, 0.15) is 23.0 Å². The van der Waals surface area contributed by atoms with Crippen LogP contribution in [0.3, 0.4) is 0 Å². The molecule has 5 N–H and O–H groups in total. The molecule has 0 radical (unpaired) electrons. The molecule has 1 aliphatic carbocycles. The van der Waals surface area contributed by atoms with Crippen LogP contribution in [-0.4, -0.2) is 55.0 Å². The van der Waals surface area contributed by atoms with Crippen molar-refractivity contribution >= 4 is 46.7 Å². The molecule has 1 aliphatic rings. The molecule has 1 saturated carbocycles. The third kappa shape index (κ3) is 5.91. The van der Waals surface area contributed by atoms with E-state index < -0.39 is 17.9 Å². The SMILES string of the molecule is Nc1nc(C=O)c2nc(CNc3ccc(C(=O)N[C@@H](CCC(=O)C4CC4)C(=O)O)cc3)cnc2n1. The fraction of sp³-hybridized carbons (Fsp3) is 0.304. The first-order chi connectivity index (χ1) is 16.8. The predicted molar refractivity (Wildman–Crippen MR) is 125 cm³/mol. The molecule has 4 rings (SSSR count). The molecular weight excluding hydrogens is 454 g/mol. The molecule has 12 heteroatoms. The molecule has 35 heavy (non-hydrogen) atoms. The summed E-state index contributed by atoms with van der Waals surface area (Å²) in [5, 5.41) is 15.0. The highest BCUT2D eigenvalue weighted by Gasteiger charge is 2.30. The van der Waals surface area contributed by atoms with Gasteiger partial charge in [-0.1, -0.05) is 0 Å². The number of nitrogens with zero attached hydrogens (tertiary/aromatic N) is 4. The number of ketones is 1. The Morgan fingerprint density at radius 3 is 2.54 bits per heavy atom. The number of fused-ring (bicyclic) bond motifs is 1. The van der Waals surface area contributed by atoms with Crippen molar-refractivity contribution in [3.05, 3.63) is 47.4 Å². The molecule has 0 unspecified atom stereocenters. The van der Waals surface area contributed by atoms with Crippen molar-refractivity contribution in [3.63, 3.8) is 0 Å². The van der Waals surface area contributed by atoms with Crippen LogP contribution in [-0.2, 0) is 16.1 Å². The number of anilines is 2. The lowest BCUT2D eigenvalue weighted by Gasteiger charge is -2.14. The van der Waals surface area contributed by atoms with Crippen molar-refractivity contribution in [3.8, 4) is 0 Å². The van der Waals surface area contributed by atoms with E-state index in [1.165, 1.54) is 6.20 Å². The van der Waals surface area contributed by atoms with Crippen LogP contribution in [0.4, 0.5) is 11.6 Å². The summed E-state index contributed by atoms with van der Waals surface area (Å²) in [6.07, 6.45) is 3.96. The molecule has 180 valence electrons. The highest BCUT2D eigenvalue weighted by atomic mass is 16.4. The number of nitrogen functional groups attached to an aromatic ring is 1. The smallest absolute Gasteiger partial charge is 0.326 e. The van der Waals surface area contributed by atoms with Crippen molar-refractivity contribution in [1.29, 1.82) is 0 Å². The number of carboxylic acids is 1. The Bertz CT molecular complexity index is 1290. The van der Waals surface area contributed by atoms with Gasteiger partial charge in [0.25, 0.3) is 5.91 Å². The molecule has 0 spiro atoms. The fourth-order valence-corrected chi connectivity index (χ4v) is 3.48. The summed E-state index contributed by atoms with van der Waals surface area (Å²) in [4.78, 5) is 63.4. The van der Waals surface area contributed by atoms with Crippen LogP contribution in [0.25, 0.3) is 11.2 Å². The molecule has 1 aromatic carbocycles. The molecule has 1 atom stereocenters. The maximum atomic E-state index is 12.5. The summed E-state index contributed by atoms with van der Waals surface area (Å²) in [6.45, 7) is 0.271. The van der Waals surface area contributed by atoms with E-state index in [2.05, 4.69) is 30.6 Å². The lowest BCUT2D eigenvalue weighted by Crippen LogP contribution is -2.41. The Morgan fingerprint density at radius 2 is 1.89 bits per heavy atom. The number of Topliss-reactive ketones (excluding diaryl/α,β-unsaturated/α-hetero) is 1. The summed E-state index contributed by atoms with van der Waals surface area (Å²) in [7, 11) is 0. The highest BCUT2D eigenvalue weighted by molar-refractivity contribution is 5.97. The Hall–Kier alpha value is -4.48. The number of benzene rings is 1. The van der Waals surface area contributed by atoms with E-state index in [1.807, 2.05) is 0 Å². The van der Waals surface area contributed by atoms with E-state index in [0.717, 1.165) is 12.8 Å². The zero-order valence-electron chi connectivity index (χ0n) is 18.6. The van der Waals surface area contributed by atoms with Gasteiger partial charge in [-0.25, -0.2) is 19.7 Å². The number of hydrogen-bond acceptors (Lipinski definition) is 10. The molecule has 3 aromatic rings. The summed E-state index contributed by atoms with van der Waals surface area (Å²) in [5.74, 6) is -1.67. The predicted octanol–water partition coefficient (Wildman–Crippen LogP) is 1.37. The quantitative estimate of drug-likeness (QED) is 0.292. The molecule has 1 amide bonds. The van der Waals surface area contributed by atoms with E-state index in [1.54, 1.807) is 24.3 Å². The number of aldehydes is 1. The normalized spacial score (nSPS) is 13.7. The third-order valence-corrected chi connectivity index (χ3v) is 5.55. The highest BCUT2D eigenvalue weighted by Crippen LogP contribution is 2.31. The minimum absolute atomic E-state index is 0.0498. The summed E-state index contributed by atoms with van der Waals surface area (Å²) in [5.41, 5.74) is 7.56. The fourth-order valence-electron chi connectivity index (χ4n) is 3.48. The summed E-state index contributed by atoms with van der Waals surface area (Å²) in [6, 6.07) is 5.30. The monoisotopic (exact) mass is 477 g/mol. The number of nitrogens with two attached hydrogens (primary N) is 1. The average molecular weight is 477 g/mol. The lowest BCUT2D eigenvalue weighted by atomic mass is 10.1. The zero-order valence-corrected chi connectivity index (χ0v) is 18.6. The van der Waals surface area contributed by atoms with Gasteiger partial charge >= 0.3 is 5.97 Å². The van der Waals surface area contributed by atoms with Gasteiger partial charge in [0.15, 0.2) is 11.9 Å². The van der Waals surface area contributed by atoms with Gasteiger partial charge in [0.05, 0.1) is 18.4 Å². The van der Waals surface area contributed by atoms with Gasteiger partial charge in [-0.15, -0.1) is 0 Å². The van der Waals surface area contributed by atoms with Gasteiger partial charge in [-0.05, 0) is 43.5 Å². The number of carbonyl (C=O) groups is 4. The van der Waals surface area contributed by atoms with E-state index in [-0.39, 0.29) is 59.5 Å². The molecule has 0 saturated heterocycles. The van der Waals surface area contributed by atoms with Crippen molar-refractivity contribution in [2.45, 2.75) is 38.3 Å². The van der Waals surface area contributed by atoms with E-state index >= 15 is 0 Å². The van der Waals surface area contributed by atoms with Crippen LogP contribution in [0.15, 0.2) is 30.5 Å². The van der Waals surface area contributed by atoms with Gasteiger partial charge in [-0.2, -0.15) is 4.98 Å². The van der Waals surface area contributed by atoms with Crippen LogP contribution in [0.2, 0.25) is 0 Å². The van der Waals surface area contributed by atoms with Crippen LogP contribution in [0, 0.1) is 5.92 Å². The lowest BCUT2D eigenvalue weighted by molar-refractivity contribution is -0.139. The second-order valence-corrected chi connectivity index (χ2v) is 8.19. The minimum atomic E-state index is -1.18. The summed E-state index contributed by atoms with van der Waals surface area (Å²) >= 11 is 0. The number of hydrogen-bond donors (Lipinski definition) is 4. The number of carbonyl (C=O) groups excluding carboxylic acids is 3. The molecule has 1 fully saturated rings. The molecule has 2 heterocycles. The first-order valence-corrected chi connectivity index (χ1v) is 11.0. The van der Waals surface area contributed by atoms with Crippen molar-refractivity contribution in [2.75, 3.05) is 11.1 Å². The Kier molecular flexibility index (Phi) is 6.90. The van der Waals surface area contributed by atoms with Crippen LogP contribution in [0.5, 0.6) is 0 Å². The maximum Gasteiger partial charge on any atom is 0.326 e. The van der Waals surface area contributed by atoms with Crippen LogP contribution >= 0.6 is 0 Å². The van der Waals surface area contributed by atoms with Crippen LogP contribution < -0.4 is 16.4 Å². The first-order valence-electron chi connectivity index (χ1n) is 11.0.